The molecule has 1 N–H and O–H groups in total. The number of halogens is 2. The van der Waals surface area contributed by atoms with Gasteiger partial charge in [-0.25, -0.2) is 0 Å². The lowest BCUT2D eigenvalue weighted by Gasteiger charge is -2.31. The topological polar surface area (TPSA) is 61.2 Å². The Hall–Kier alpha value is -1.42. The van der Waals surface area contributed by atoms with Gasteiger partial charge in [0.2, 0.25) is 5.91 Å². The third kappa shape index (κ3) is 3.49. The van der Waals surface area contributed by atoms with E-state index in [0.717, 1.165) is 16.5 Å². The van der Waals surface area contributed by atoms with E-state index in [1.807, 2.05) is 23.1 Å². The molecule has 0 spiro atoms. The second-order valence-corrected chi connectivity index (χ2v) is 7.70. The van der Waals surface area contributed by atoms with Gasteiger partial charge in [-0.3, -0.25) is 15.0 Å². The number of nitrogens with zero attached hydrogens (tertiary/aromatic N) is 1. The lowest BCUT2D eigenvalue weighted by Crippen LogP contribution is -2.41. The van der Waals surface area contributed by atoms with Gasteiger partial charge in [0.1, 0.15) is 0 Å². The van der Waals surface area contributed by atoms with Gasteiger partial charge < -0.3 is 4.90 Å². The summed E-state index contributed by atoms with van der Waals surface area (Å²) in [5.41, 5.74) is 1.40. The number of ketones is 1. The van der Waals surface area contributed by atoms with Crippen molar-refractivity contribution in [3.63, 3.8) is 0 Å². The Bertz CT molecular complexity index is 743. The fourth-order valence-corrected chi connectivity index (χ4v) is 4.31. The first-order valence-electron chi connectivity index (χ1n) is 8.05. The maximum atomic E-state index is 12.8. The van der Waals surface area contributed by atoms with Gasteiger partial charge in [0.15, 0.2) is 5.78 Å². The standard InChI is InChI=1S/C18H18BrClN2O2/c19-14-2-1-11(16(20)9-14)7-12-5-6-22(18(12)24)15-3-4-17(23)13(8-15)10-21/h1-2,9,12,15,21H,3-8H2. The highest BCUT2D eigenvalue weighted by Gasteiger charge is 2.38. The van der Waals surface area contributed by atoms with Gasteiger partial charge in [-0.05, 0) is 42.8 Å². The molecule has 2 unspecified atom stereocenters. The molecule has 1 aliphatic heterocycles. The minimum absolute atomic E-state index is 0.00825. The molecule has 0 bridgehead atoms. The predicted molar refractivity (Wildman–Crippen MR) is 96.6 cm³/mol. The van der Waals surface area contributed by atoms with Crippen LogP contribution in [-0.2, 0) is 16.0 Å². The number of amides is 1. The Morgan fingerprint density at radius 3 is 2.83 bits per heavy atom. The van der Waals surface area contributed by atoms with Crippen molar-refractivity contribution in [2.24, 2.45) is 5.92 Å². The molecule has 0 radical (unpaired) electrons. The van der Waals surface area contributed by atoms with Crippen LogP contribution in [0.15, 0.2) is 28.2 Å². The second kappa shape index (κ2) is 7.22. The molecular weight excluding hydrogens is 392 g/mol. The van der Waals surface area contributed by atoms with Crippen LogP contribution in [-0.4, -0.2) is 35.0 Å². The first-order chi connectivity index (χ1) is 11.5. The average molecular weight is 410 g/mol. The van der Waals surface area contributed by atoms with E-state index in [-0.39, 0.29) is 23.7 Å². The van der Waals surface area contributed by atoms with E-state index in [2.05, 4.69) is 21.8 Å². The summed E-state index contributed by atoms with van der Waals surface area (Å²) in [5.74, 6) is 2.31. The Labute approximate surface area is 154 Å². The molecule has 2 atom stereocenters. The monoisotopic (exact) mass is 408 g/mol. The van der Waals surface area contributed by atoms with Gasteiger partial charge in [-0.2, -0.15) is 0 Å². The summed E-state index contributed by atoms with van der Waals surface area (Å²) >= 11 is 9.66. The third-order valence-corrected chi connectivity index (χ3v) is 5.75. The number of likely N-dealkylation sites (tertiary alicyclic amines) is 1. The molecule has 2 aliphatic rings. The summed E-state index contributed by atoms with van der Waals surface area (Å²) in [6.07, 6.45) is 2.99. The number of Topliss-reactive ketones (excluding diaryl/α,β-unsaturated/α-hetero) is 1. The first kappa shape index (κ1) is 17.4. The first-order valence-corrected chi connectivity index (χ1v) is 9.23. The zero-order valence-electron chi connectivity index (χ0n) is 13.1. The Morgan fingerprint density at radius 2 is 2.12 bits per heavy atom. The van der Waals surface area contributed by atoms with Crippen molar-refractivity contribution >= 4 is 45.1 Å². The van der Waals surface area contributed by atoms with E-state index in [9.17, 15) is 9.59 Å². The summed E-state index contributed by atoms with van der Waals surface area (Å²) in [6, 6.07) is 5.76. The lowest BCUT2D eigenvalue weighted by molar-refractivity contribution is -0.134. The number of carbonyl (C=O) groups excluding carboxylic acids is 2. The third-order valence-electron chi connectivity index (χ3n) is 4.90. The van der Waals surface area contributed by atoms with Crippen molar-refractivity contribution in [1.82, 2.24) is 4.90 Å². The highest BCUT2D eigenvalue weighted by molar-refractivity contribution is 9.10. The highest BCUT2D eigenvalue weighted by atomic mass is 79.9. The van der Waals surface area contributed by atoms with E-state index in [1.54, 1.807) is 0 Å². The Morgan fingerprint density at radius 1 is 1.33 bits per heavy atom. The van der Waals surface area contributed by atoms with Gasteiger partial charge in [0.25, 0.3) is 0 Å². The molecule has 1 saturated carbocycles. The maximum Gasteiger partial charge on any atom is 0.226 e. The number of carbonyl (C=O) groups is 2. The molecule has 6 heteroatoms. The molecule has 0 aromatic heterocycles. The molecular formula is C18H18BrClN2O2. The van der Waals surface area contributed by atoms with Gasteiger partial charge in [-0.15, -0.1) is 0 Å². The second-order valence-electron chi connectivity index (χ2n) is 6.38. The van der Waals surface area contributed by atoms with E-state index in [4.69, 9.17) is 17.0 Å². The van der Waals surface area contributed by atoms with Crippen molar-refractivity contribution in [2.75, 3.05) is 6.54 Å². The molecule has 1 saturated heterocycles. The van der Waals surface area contributed by atoms with Crippen LogP contribution in [0.4, 0.5) is 0 Å². The highest BCUT2D eigenvalue weighted by Crippen LogP contribution is 2.32. The lowest BCUT2D eigenvalue weighted by atomic mass is 9.89. The predicted octanol–water partition coefficient (Wildman–Crippen LogP) is 3.79. The minimum atomic E-state index is -0.0614. The van der Waals surface area contributed by atoms with Crippen LogP contribution in [0, 0.1) is 11.3 Å². The SMILES string of the molecule is N=C=C1CC(N2CCC(Cc3ccc(Br)cc3Cl)C2=O)CCC1=O. The largest absolute Gasteiger partial charge is 0.339 e. The Kier molecular flexibility index (Phi) is 5.24. The van der Waals surface area contributed by atoms with E-state index in [1.165, 1.54) is 0 Å². The van der Waals surface area contributed by atoms with Crippen molar-refractivity contribution < 1.29 is 9.59 Å². The molecule has 1 aliphatic carbocycles. The smallest absolute Gasteiger partial charge is 0.226 e. The zero-order valence-corrected chi connectivity index (χ0v) is 15.5. The number of nitrogens with one attached hydrogen (secondary N) is 1. The number of rotatable bonds is 3. The van der Waals surface area contributed by atoms with Crippen molar-refractivity contribution in [3.05, 3.63) is 38.8 Å². The van der Waals surface area contributed by atoms with E-state index < -0.39 is 0 Å². The summed E-state index contributed by atoms with van der Waals surface area (Å²) < 4.78 is 0.924. The Balaban J connectivity index is 1.69. The van der Waals surface area contributed by atoms with E-state index >= 15 is 0 Å². The average Bonchev–Trinajstić information content (AvgIpc) is 2.91. The van der Waals surface area contributed by atoms with Crippen LogP contribution in [0.2, 0.25) is 5.02 Å². The van der Waals surface area contributed by atoms with Crippen LogP contribution in [0.1, 0.15) is 31.2 Å². The zero-order chi connectivity index (χ0) is 17.3. The van der Waals surface area contributed by atoms with Crippen LogP contribution in [0.25, 0.3) is 0 Å². The van der Waals surface area contributed by atoms with Crippen LogP contribution >= 0.6 is 27.5 Å². The van der Waals surface area contributed by atoms with Gasteiger partial charge in [0, 0.05) is 40.8 Å². The van der Waals surface area contributed by atoms with Gasteiger partial charge in [-0.1, -0.05) is 33.6 Å². The van der Waals surface area contributed by atoms with Crippen molar-refractivity contribution in [3.8, 4) is 0 Å². The molecule has 1 amide bonds. The summed E-state index contributed by atoms with van der Waals surface area (Å²) in [7, 11) is 0. The number of hydrogen-bond donors (Lipinski definition) is 1. The molecule has 1 aromatic carbocycles. The van der Waals surface area contributed by atoms with E-state index in [0.29, 0.717) is 42.8 Å². The molecule has 24 heavy (non-hydrogen) atoms. The van der Waals surface area contributed by atoms with Crippen LogP contribution in [0.3, 0.4) is 0 Å². The summed E-state index contributed by atoms with van der Waals surface area (Å²) in [6.45, 7) is 0.710. The molecule has 4 nitrogen and oxygen atoms in total. The molecule has 1 heterocycles. The number of benzene rings is 1. The molecule has 3 rings (SSSR count). The maximum absolute atomic E-state index is 12.8. The fraction of sp³-hybridized carbons (Fsp3) is 0.444. The molecule has 2 fully saturated rings. The molecule has 126 valence electrons. The minimum Gasteiger partial charge on any atom is -0.339 e. The summed E-state index contributed by atoms with van der Waals surface area (Å²) in [4.78, 5) is 26.4. The van der Waals surface area contributed by atoms with Crippen molar-refractivity contribution in [2.45, 2.75) is 38.1 Å². The van der Waals surface area contributed by atoms with Gasteiger partial charge in [0.05, 0.1) is 5.57 Å². The van der Waals surface area contributed by atoms with Crippen LogP contribution < -0.4 is 0 Å². The quantitative estimate of drug-likeness (QED) is 0.610. The number of hydrogen-bond acceptors (Lipinski definition) is 3. The van der Waals surface area contributed by atoms with Crippen LogP contribution in [0.5, 0.6) is 0 Å². The van der Waals surface area contributed by atoms with Crippen molar-refractivity contribution in [1.29, 1.82) is 5.41 Å². The fourth-order valence-electron chi connectivity index (χ4n) is 3.55. The summed E-state index contributed by atoms with van der Waals surface area (Å²) in [5, 5.41) is 7.91. The normalized spacial score (nSPS) is 24.4. The molecule has 1 aromatic rings. The van der Waals surface area contributed by atoms with Gasteiger partial charge >= 0.3 is 0 Å².